The predicted octanol–water partition coefficient (Wildman–Crippen LogP) is 3.32. The molecule has 28 heavy (non-hydrogen) atoms. The Labute approximate surface area is 172 Å². The summed E-state index contributed by atoms with van der Waals surface area (Å²) < 4.78 is 24.3. The molecule has 3 rings (SSSR count). The lowest BCUT2D eigenvalue weighted by atomic mass is 10.2. The van der Waals surface area contributed by atoms with Crippen LogP contribution in [0.3, 0.4) is 0 Å². The van der Waals surface area contributed by atoms with Gasteiger partial charge in [-0.2, -0.15) is 4.99 Å². The molecule has 2 aliphatic rings. The molecule has 0 saturated carbocycles. The number of nitrogens with zero attached hydrogens (tertiary/aromatic N) is 3. The Hall–Kier alpha value is -1.54. The second-order valence-electron chi connectivity index (χ2n) is 7.25. The lowest BCUT2D eigenvalue weighted by Gasteiger charge is -2.26. The average molecular weight is 424 g/mol. The maximum Gasteiger partial charge on any atom is 0.248 e. The van der Waals surface area contributed by atoms with Crippen LogP contribution in [0.15, 0.2) is 29.3 Å². The van der Waals surface area contributed by atoms with Gasteiger partial charge in [0.05, 0.1) is 17.5 Å². The summed E-state index contributed by atoms with van der Waals surface area (Å²) >= 11 is 1.43. The summed E-state index contributed by atoms with van der Waals surface area (Å²) in [5.74, 6) is 0.139. The Morgan fingerprint density at radius 1 is 1.18 bits per heavy atom. The lowest BCUT2D eigenvalue weighted by molar-refractivity contribution is -0.117. The number of amides is 1. The van der Waals surface area contributed by atoms with Gasteiger partial charge >= 0.3 is 0 Å². The quantitative estimate of drug-likeness (QED) is 0.670. The zero-order valence-electron chi connectivity index (χ0n) is 16.8. The van der Waals surface area contributed by atoms with Crippen LogP contribution in [0.5, 0.6) is 0 Å². The number of amidine groups is 1. The molecule has 2 atom stereocenters. The molecule has 0 unspecified atom stereocenters. The van der Waals surface area contributed by atoms with Crippen molar-refractivity contribution in [2.75, 3.05) is 34.4 Å². The van der Waals surface area contributed by atoms with Gasteiger partial charge in [0, 0.05) is 36.1 Å². The van der Waals surface area contributed by atoms with E-state index in [2.05, 4.69) is 35.9 Å². The second-order valence-corrected chi connectivity index (χ2v) is 10.6. The molecule has 2 heterocycles. The van der Waals surface area contributed by atoms with Crippen molar-refractivity contribution in [1.29, 1.82) is 0 Å². The summed E-state index contributed by atoms with van der Waals surface area (Å²) in [6.07, 6.45) is 2.20. The Morgan fingerprint density at radius 2 is 1.86 bits per heavy atom. The van der Waals surface area contributed by atoms with Crippen LogP contribution >= 0.6 is 11.8 Å². The van der Waals surface area contributed by atoms with Gasteiger partial charge in [0.1, 0.15) is 0 Å². The molecule has 0 bridgehead atoms. The third-order valence-corrected chi connectivity index (χ3v) is 8.50. The zero-order valence-corrected chi connectivity index (χ0v) is 18.4. The van der Waals surface area contributed by atoms with Crippen molar-refractivity contribution in [1.82, 2.24) is 0 Å². The van der Waals surface area contributed by atoms with E-state index in [9.17, 15) is 13.2 Å². The number of benzene rings is 1. The molecule has 1 aromatic rings. The molecular formula is C20H29N3O3S2. The molecule has 0 aliphatic carbocycles. The first-order valence-corrected chi connectivity index (χ1v) is 12.7. The summed E-state index contributed by atoms with van der Waals surface area (Å²) in [6, 6.07) is 7.97. The fourth-order valence-electron chi connectivity index (χ4n) is 3.77. The number of carbonyl (C=O) groups is 1. The molecule has 0 spiro atoms. The highest BCUT2D eigenvalue weighted by atomic mass is 32.2. The highest BCUT2D eigenvalue weighted by Crippen LogP contribution is 2.41. The number of sulfone groups is 1. The monoisotopic (exact) mass is 423 g/mol. The molecule has 6 nitrogen and oxygen atoms in total. The van der Waals surface area contributed by atoms with Gasteiger partial charge < -0.3 is 9.80 Å². The van der Waals surface area contributed by atoms with Gasteiger partial charge in [-0.3, -0.25) is 4.79 Å². The van der Waals surface area contributed by atoms with E-state index in [1.165, 1.54) is 11.8 Å². The normalized spacial score (nSPS) is 24.5. The van der Waals surface area contributed by atoms with Crippen LogP contribution < -0.4 is 9.80 Å². The highest BCUT2D eigenvalue weighted by molar-refractivity contribution is 8.16. The number of aliphatic imine (C=N–C) groups is 1. The highest BCUT2D eigenvalue weighted by Gasteiger charge is 2.49. The van der Waals surface area contributed by atoms with E-state index in [1.54, 1.807) is 0 Å². The van der Waals surface area contributed by atoms with E-state index in [0.29, 0.717) is 11.6 Å². The van der Waals surface area contributed by atoms with Crippen LogP contribution in [0.4, 0.5) is 11.4 Å². The van der Waals surface area contributed by atoms with E-state index >= 15 is 0 Å². The third kappa shape index (κ3) is 4.54. The van der Waals surface area contributed by atoms with Gasteiger partial charge in [-0.1, -0.05) is 25.1 Å². The predicted molar refractivity (Wildman–Crippen MR) is 118 cm³/mol. The summed E-state index contributed by atoms with van der Waals surface area (Å²) in [5.41, 5.74) is 2.03. The lowest BCUT2D eigenvalue weighted by Crippen LogP contribution is -2.37. The fraction of sp³-hybridized carbons (Fsp3) is 0.600. The minimum absolute atomic E-state index is 0.0646. The molecule has 2 aliphatic heterocycles. The summed E-state index contributed by atoms with van der Waals surface area (Å²) in [4.78, 5) is 20.8. The number of rotatable bonds is 7. The van der Waals surface area contributed by atoms with Gasteiger partial charge in [0.15, 0.2) is 15.0 Å². The first-order chi connectivity index (χ1) is 13.4. The van der Waals surface area contributed by atoms with Crippen molar-refractivity contribution in [2.45, 2.75) is 51.3 Å². The maximum absolute atomic E-state index is 12.3. The average Bonchev–Trinajstić information content (AvgIpc) is 3.12. The number of anilines is 2. The van der Waals surface area contributed by atoms with Crippen LogP contribution in [0.1, 0.15) is 40.0 Å². The molecular weight excluding hydrogens is 394 g/mol. The van der Waals surface area contributed by atoms with E-state index in [4.69, 9.17) is 0 Å². The largest absolute Gasteiger partial charge is 0.372 e. The van der Waals surface area contributed by atoms with Crippen molar-refractivity contribution in [3.05, 3.63) is 24.3 Å². The summed E-state index contributed by atoms with van der Waals surface area (Å²) in [7, 11) is -3.05. The Balaban J connectivity index is 1.90. The van der Waals surface area contributed by atoms with Crippen LogP contribution in [-0.2, 0) is 14.6 Å². The van der Waals surface area contributed by atoms with Crippen LogP contribution in [0.2, 0.25) is 0 Å². The van der Waals surface area contributed by atoms with Crippen LogP contribution in [-0.4, -0.2) is 55.4 Å². The second kappa shape index (κ2) is 8.86. The van der Waals surface area contributed by atoms with Crippen molar-refractivity contribution in [3.8, 4) is 0 Å². The van der Waals surface area contributed by atoms with E-state index in [0.717, 1.165) is 37.3 Å². The Bertz CT molecular complexity index is 833. The van der Waals surface area contributed by atoms with E-state index in [-0.39, 0.29) is 28.7 Å². The maximum atomic E-state index is 12.3. The molecule has 0 aromatic heterocycles. The molecule has 2 fully saturated rings. The van der Waals surface area contributed by atoms with Crippen molar-refractivity contribution >= 4 is 44.0 Å². The van der Waals surface area contributed by atoms with Crippen molar-refractivity contribution in [3.63, 3.8) is 0 Å². The van der Waals surface area contributed by atoms with E-state index in [1.807, 2.05) is 24.0 Å². The molecule has 0 N–H and O–H groups in total. The number of thioether (sulfide) groups is 1. The Kier molecular flexibility index (Phi) is 6.70. The first kappa shape index (κ1) is 21.2. The summed E-state index contributed by atoms with van der Waals surface area (Å²) in [5, 5.41) is 0.576. The third-order valence-electron chi connectivity index (χ3n) is 5.29. The minimum Gasteiger partial charge on any atom is -0.372 e. The zero-order chi connectivity index (χ0) is 20.3. The molecule has 0 radical (unpaired) electrons. The van der Waals surface area contributed by atoms with Gasteiger partial charge in [0.2, 0.25) is 5.91 Å². The number of hydrogen-bond donors (Lipinski definition) is 0. The van der Waals surface area contributed by atoms with Gasteiger partial charge in [0.25, 0.3) is 0 Å². The smallest absolute Gasteiger partial charge is 0.248 e. The number of fused-ring (bicyclic) bond motifs is 1. The first-order valence-electron chi connectivity index (χ1n) is 10.0. The standard InChI is InChI=1S/C20H29N3O3S2/c1-4-7-8-19(24)21-20-23(17-13-28(25,26)14-18(17)27-20)16-11-9-15(10-12-16)22(5-2)6-3/h9-12,17-18H,4-8,13-14H2,1-3H3/t17-,18-/m0/s1. The summed E-state index contributed by atoms with van der Waals surface area (Å²) in [6.45, 7) is 8.14. The fourth-order valence-corrected chi connectivity index (χ4v) is 7.70. The van der Waals surface area contributed by atoms with Crippen molar-refractivity contribution < 1.29 is 13.2 Å². The molecule has 1 aromatic carbocycles. The van der Waals surface area contributed by atoms with E-state index < -0.39 is 9.84 Å². The molecule has 8 heteroatoms. The molecule has 2 saturated heterocycles. The SMILES string of the molecule is CCCCC(=O)N=C1S[C@H]2CS(=O)(=O)C[C@@H]2N1c1ccc(N(CC)CC)cc1. The van der Waals surface area contributed by atoms with Crippen LogP contribution in [0.25, 0.3) is 0 Å². The Morgan fingerprint density at radius 3 is 2.46 bits per heavy atom. The van der Waals surface area contributed by atoms with Gasteiger partial charge in [-0.05, 0) is 44.5 Å². The number of hydrogen-bond acceptors (Lipinski definition) is 5. The molecule has 154 valence electrons. The van der Waals surface area contributed by atoms with Gasteiger partial charge in [-0.15, -0.1) is 0 Å². The van der Waals surface area contributed by atoms with Crippen molar-refractivity contribution in [2.24, 2.45) is 4.99 Å². The van der Waals surface area contributed by atoms with Gasteiger partial charge in [-0.25, -0.2) is 8.42 Å². The van der Waals surface area contributed by atoms with Crippen LogP contribution in [0, 0.1) is 0 Å². The number of unbranched alkanes of at least 4 members (excludes halogenated alkanes) is 1. The molecule has 1 amide bonds. The minimum atomic E-state index is -3.05. The number of carbonyl (C=O) groups excluding carboxylic acids is 1. The topological polar surface area (TPSA) is 70.0 Å².